The molecule has 21 nitrogen and oxygen atoms in total. The van der Waals surface area contributed by atoms with Crippen molar-refractivity contribution in [1.82, 2.24) is 34.9 Å². The van der Waals surface area contributed by atoms with Gasteiger partial charge in [-0.25, -0.2) is 39.7 Å². The van der Waals surface area contributed by atoms with Crippen LogP contribution in [0.3, 0.4) is 0 Å². The molecule has 13 N–H and O–H groups in total. The number of carbonyl (C=O) groups excluding carboxylic acids is 3. The number of carboxylic acids is 1. The van der Waals surface area contributed by atoms with Gasteiger partial charge >= 0.3 is 24.8 Å². The van der Waals surface area contributed by atoms with Crippen LogP contribution in [0.5, 0.6) is 0 Å². The van der Waals surface area contributed by atoms with Gasteiger partial charge in [0, 0.05) is 125 Å². The molecule has 4 fully saturated rings. The van der Waals surface area contributed by atoms with Gasteiger partial charge in [-0.05, 0) is 139 Å². The van der Waals surface area contributed by atoms with Crippen molar-refractivity contribution in [3.8, 4) is 0 Å². The second-order valence-electron chi connectivity index (χ2n) is 20.2. The number of thiazole rings is 3. The summed E-state index contributed by atoms with van der Waals surface area (Å²) in [5.74, 6) is 0.289. The van der Waals surface area contributed by atoms with E-state index in [-0.39, 0.29) is 93.8 Å². The Morgan fingerprint density at radius 2 is 0.867 bits per heavy atom. The number of pyridine rings is 4. The average molecular weight is 1400 g/mol. The molecule has 10 aromatic rings. The van der Waals surface area contributed by atoms with Gasteiger partial charge in [0.05, 0.1) is 80.3 Å². The summed E-state index contributed by atoms with van der Waals surface area (Å²) < 4.78 is 3.38. The van der Waals surface area contributed by atoms with Crippen molar-refractivity contribution in [3.05, 3.63) is 158 Å². The van der Waals surface area contributed by atoms with E-state index in [4.69, 9.17) is 46.3 Å². The van der Waals surface area contributed by atoms with E-state index < -0.39 is 5.97 Å². The number of benzene rings is 3. The molecule has 0 amide bonds. The first-order valence-corrected chi connectivity index (χ1v) is 30.8. The van der Waals surface area contributed by atoms with E-state index in [0.717, 1.165) is 103 Å². The Bertz CT molecular complexity index is 3900. The number of nitrogens with one attached hydrogen (secondary N) is 5. The Hall–Kier alpha value is -6.27. The van der Waals surface area contributed by atoms with Gasteiger partial charge in [-0.1, -0.05) is 34.8 Å². The molecule has 0 saturated heterocycles. The number of nitrogens with two attached hydrogens (primary N) is 2. The van der Waals surface area contributed by atoms with Crippen LogP contribution in [0.1, 0.15) is 114 Å². The summed E-state index contributed by atoms with van der Waals surface area (Å²) in [4.78, 5) is 74.0. The SMILES string of the molecule is CC(=O)c1cnc(Cl)cc1Cl.CC(=O)c1cnc(Cl)cc1NC1CC1.CC(=O)c1cnc(Nc2ccc3ncsc3c2)cc1NC1CC1.NC1CC1.Nc1ccc2ncsc2c1.O.O=C(O)c1cnc(Nc2ccc3ncsc3c2)cc1NC1CC1.[B].[Li+].[OH-].[Y]. The summed E-state index contributed by atoms with van der Waals surface area (Å²) in [5.41, 5.74) is 26.0. The minimum absolute atomic E-state index is 0. The number of halogens is 3. The van der Waals surface area contributed by atoms with Crippen LogP contribution in [0.2, 0.25) is 15.3 Å². The number of carboxylic acid groups (broad SMARTS) is 1. The third-order valence-electron chi connectivity index (χ3n) is 12.9. The molecular weight excluding hydrogens is 1340 g/mol. The molecule has 0 atom stereocenters. The largest absolute Gasteiger partial charge is 1.00 e. The number of anilines is 8. The van der Waals surface area contributed by atoms with Gasteiger partial charge in [0.25, 0.3) is 0 Å². The van der Waals surface area contributed by atoms with E-state index in [2.05, 4.69) is 67.5 Å². The smallest absolute Gasteiger partial charge is 0.870 e. The molecule has 460 valence electrons. The number of hydrogen-bond donors (Lipinski definition) is 8. The summed E-state index contributed by atoms with van der Waals surface area (Å²) in [6.45, 7) is 4.53. The molecule has 90 heavy (non-hydrogen) atoms. The minimum atomic E-state index is -0.974. The van der Waals surface area contributed by atoms with Crippen LogP contribution in [0.15, 0.2) is 120 Å². The first-order chi connectivity index (χ1) is 40.9. The van der Waals surface area contributed by atoms with Crippen molar-refractivity contribution in [2.24, 2.45) is 5.73 Å². The molecule has 4 aliphatic carbocycles. The van der Waals surface area contributed by atoms with E-state index in [0.29, 0.717) is 67.7 Å². The Morgan fingerprint density at radius 1 is 0.511 bits per heavy atom. The third kappa shape index (κ3) is 23.4. The second kappa shape index (κ2) is 36.1. The molecule has 4 radical (unpaired) electrons. The first kappa shape index (κ1) is 76.2. The van der Waals surface area contributed by atoms with Gasteiger partial charge in [-0.3, -0.25) is 14.4 Å². The quantitative estimate of drug-likeness (QED) is 0.0217. The topological polar surface area (TPSA) is 352 Å². The molecule has 0 bridgehead atoms. The predicted octanol–water partition coefficient (Wildman–Crippen LogP) is 10.6. The number of aromatic carboxylic acids is 1. The van der Waals surface area contributed by atoms with Crippen molar-refractivity contribution in [1.29, 1.82) is 0 Å². The van der Waals surface area contributed by atoms with Gasteiger partial charge in [-0.2, -0.15) is 0 Å². The van der Waals surface area contributed by atoms with Crippen molar-refractivity contribution in [3.63, 3.8) is 0 Å². The summed E-state index contributed by atoms with van der Waals surface area (Å²) in [6.07, 6.45) is 15.2. The van der Waals surface area contributed by atoms with E-state index in [1.54, 1.807) is 59.3 Å². The Kier molecular flexibility index (Phi) is 30.6. The molecule has 7 aromatic heterocycles. The molecule has 7 heterocycles. The van der Waals surface area contributed by atoms with Crippen molar-refractivity contribution >= 4 is 177 Å². The van der Waals surface area contributed by atoms with Crippen LogP contribution in [0, 0.1) is 0 Å². The Morgan fingerprint density at radius 3 is 1.26 bits per heavy atom. The van der Waals surface area contributed by atoms with Crippen LogP contribution in [0.4, 0.5) is 45.8 Å². The van der Waals surface area contributed by atoms with Crippen LogP contribution in [0.25, 0.3) is 30.6 Å². The zero-order valence-corrected chi connectivity index (χ0v) is 56.9. The summed E-state index contributed by atoms with van der Waals surface area (Å²) in [5, 5.41) is 26.8. The minimum Gasteiger partial charge on any atom is -0.870 e. The number of fused-ring (bicyclic) bond motifs is 3. The van der Waals surface area contributed by atoms with E-state index in [1.165, 1.54) is 51.3 Å². The van der Waals surface area contributed by atoms with Crippen LogP contribution in [-0.2, 0) is 32.7 Å². The molecule has 14 rings (SSSR count). The van der Waals surface area contributed by atoms with Gasteiger partial charge in [-0.15, -0.1) is 34.0 Å². The van der Waals surface area contributed by atoms with E-state index >= 15 is 0 Å². The number of Topliss-reactive ketones (excluding diaryl/α,β-unsaturated/α-hetero) is 3. The Labute approximate surface area is 585 Å². The van der Waals surface area contributed by atoms with Crippen LogP contribution < -0.4 is 56.9 Å². The summed E-state index contributed by atoms with van der Waals surface area (Å²) in [7, 11) is 0. The zero-order chi connectivity index (χ0) is 60.1. The monoisotopic (exact) mass is 1400 g/mol. The van der Waals surface area contributed by atoms with Crippen molar-refractivity contribution in [2.75, 3.05) is 32.3 Å². The number of nitrogen functional groups attached to an aromatic ring is 1. The molecule has 0 aliphatic heterocycles. The number of aromatic nitrogens is 7. The molecule has 0 unspecified atom stereocenters. The fourth-order valence-electron chi connectivity index (χ4n) is 7.71. The van der Waals surface area contributed by atoms with Gasteiger partial charge in [0.1, 0.15) is 27.5 Å². The van der Waals surface area contributed by atoms with Gasteiger partial charge in [0.2, 0.25) is 0 Å². The summed E-state index contributed by atoms with van der Waals surface area (Å²) >= 11 is 21.8. The Balaban J connectivity index is 0.000000241. The molecule has 30 heteroatoms. The predicted molar refractivity (Wildman–Crippen MR) is 357 cm³/mol. The van der Waals surface area contributed by atoms with E-state index in [9.17, 15) is 24.3 Å². The number of nitrogens with zero attached hydrogens (tertiary/aromatic N) is 7. The normalized spacial score (nSPS) is 13.0. The fourth-order valence-corrected chi connectivity index (χ4v) is 10.5. The average Bonchev–Trinajstić information content (AvgIpc) is 3.65. The number of rotatable bonds is 14. The molecule has 4 saturated carbocycles. The molecular formula is C60H62BCl3LiN14O7S3Y. The van der Waals surface area contributed by atoms with Crippen LogP contribution in [-0.4, -0.2) is 107 Å². The zero-order valence-electron chi connectivity index (χ0n) is 49.3. The molecule has 4 aliphatic rings. The van der Waals surface area contributed by atoms with Gasteiger partial charge < -0.3 is 54.1 Å². The standard InChI is InChI=1S/C17H16N4OS.C16H14N4O2S.C10H11ClN2O.C7H5Cl2NO.C7H6N2S.C3H7N.B.Li.2H2O.Y/c1-10(22)13-8-18-17(7-15(13)20-11-2-3-11)21-12-4-5-14-16(6-12)23-9-19-14;21-16(22)11-7-17-15(6-13(11)19-9-1-2-9)20-10-3-4-12-14(5-10)23-8-18-12;1-6(14)8-5-12-10(11)4-9(8)13-7-2-3-7;1-4(11)5-3-10-7(9)2-6(5)8;8-5-1-2-6-7(3-5)10-4-9-6;4-3-1-2-3;;;;;/h4-9,11H,2-3H2,1H3,(H2,18,20,21);3-9H,1-2H2,(H,21,22)(H2,17,19,20);4-5,7H,2-3H2,1H3,(H,12,13);2-3H,1H3;1-4H,8H2;3H,1-2,4H2;;;2*1H2;/q;;;;;;;+1;;;/p-1. The number of ketones is 3. The van der Waals surface area contributed by atoms with Crippen molar-refractivity contribution in [2.45, 2.75) is 96.3 Å². The van der Waals surface area contributed by atoms with Crippen LogP contribution >= 0.6 is 68.8 Å². The van der Waals surface area contributed by atoms with Crippen molar-refractivity contribution < 1.29 is 86.8 Å². The molecule has 3 aromatic carbocycles. The third-order valence-corrected chi connectivity index (χ3v) is 16.0. The maximum absolute atomic E-state index is 11.7. The number of carbonyl (C=O) groups is 4. The maximum Gasteiger partial charge on any atom is 1.00 e. The fraction of sp³-hybridized carbons (Fsp3) is 0.250. The molecule has 0 spiro atoms. The van der Waals surface area contributed by atoms with Gasteiger partial charge in [0.15, 0.2) is 17.3 Å². The maximum atomic E-state index is 11.7. The van der Waals surface area contributed by atoms with E-state index in [1.807, 2.05) is 71.1 Å². The number of hydrogen-bond acceptors (Lipinski definition) is 22. The first-order valence-electron chi connectivity index (χ1n) is 27.0. The second-order valence-corrected chi connectivity index (χ2v) is 24.1. The summed E-state index contributed by atoms with van der Waals surface area (Å²) in [6, 6.07) is 26.4.